The Balaban J connectivity index is 1.96. The minimum Gasteiger partial charge on any atom is -0.508 e. The summed E-state index contributed by atoms with van der Waals surface area (Å²) >= 11 is 0. The van der Waals surface area contributed by atoms with E-state index in [4.69, 9.17) is 0 Å². The third-order valence-electron chi connectivity index (χ3n) is 3.67. The van der Waals surface area contributed by atoms with Gasteiger partial charge in [-0.1, -0.05) is 43.3 Å². The maximum atomic E-state index is 11.4. The maximum Gasteiger partial charge on any atom is 0.325 e. The van der Waals surface area contributed by atoms with Crippen LogP contribution in [0.5, 0.6) is 5.75 Å². The molecule has 4 heteroatoms. The lowest BCUT2D eigenvalue weighted by Crippen LogP contribution is -2.30. The number of aliphatic carboxylic acids is 1. The molecule has 0 fully saturated rings. The number of carboxylic acids is 1. The highest BCUT2D eigenvalue weighted by molar-refractivity contribution is 5.75. The Hall–Kier alpha value is -2.33. The van der Waals surface area contributed by atoms with Crippen LogP contribution in [-0.2, 0) is 17.6 Å². The average molecular weight is 299 g/mol. The van der Waals surface area contributed by atoms with Gasteiger partial charge in [0, 0.05) is 6.54 Å². The fourth-order valence-electron chi connectivity index (χ4n) is 2.32. The van der Waals surface area contributed by atoms with E-state index in [9.17, 15) is 15.0 Å². The predicted octanol–water partition coefficient (Wildman–Crippen LogP) is 2.91. The van der Waals surface area contributed by atoms with Gasteiger partial charge in [-0.3, -0.25) is 4.79 Å². The van der Waals surface area contributed by atoms with E-state index in [1.165, 1.54) is 5.56 Å². The van der Waals surface area contributed by atoms with Gasteiger partial charge >= 0.3 is 5.97 Å². The molecule has 2 aromatic carbocycles. The van der Waals surface area contributed by atoms with E-state index in [0.29, 0.717) is 13.0 Å². The smallest absolute Gasteiger partial charge is 0.325 e. The van der Waals surface area contributed by atoms with Gasteiger partial charge in [-0.15, -0.1) is 0 Å². The Morgan fingerprint density at radius 3 is 2.18 bits per heavy atom. The summed E-state index contributed by atoms with van der Waals surface area (Å²) in [5.41, 5.74) is 3.00. The molecule has 116 valence electrons. The molecule has 2 aromatic rings. The number of phenols is 1. The Bertz CT molecular complexity index is 605. The van der Waals surface area contributed by atoms with Crippen LogP contribution in [0.2, 0.25) is 0 Å². The predicted molar refractivity (Wildman–Crippen MR) is 86.0 cm³/mol. The largest absolute Gasteiger partial charge is 0.508 e. The summed E-state index contributed by atoms with van der Waals surface area (Å²) in [6.07, 6.45) is 1.64. The summed E-state index contributed by atoms with van der Waals surface area (Å²) in [7, 11) is 0. The molecule has 0 saturated carbocycles. The van der Waals surface area contributed by atoms with Gasteiger partial charge in [0.2, 0.25) is 0 Å². The molecule has 0 aliphatic rings. The van der Waals surface area contributed by atoms with E-state index in [0.717, 1.165) is 17.5 Å². The van der Waals surface area contributed by atoms with E-state index >= 15 is 0 Å². The van der Waals surface area contributed by atoms with Crippen molar-refractivity contribution >= 4 is 5.97 Å². The minimum absolute atomic E-state index is 0.233. The molecule has 0 spiro atoms. The highest BCUT2D eigenvalue weighted by atomic mass is 16.4. The monoisotopic (exact) mass is 299 g/mol. The van der Waals surface area contributed by atoms with Gasteiger partial charge < -0.3 is 15.5 Å². The molecule has 0 aliphatic carbocycles. The quantitative estimate of drug-likeness (QED) is 0.735. The number of phenolic OH excluding ortho intramolecular Hbond substituents is 1. The summed E-state index contributed by atoms with van der Waals surface area (Å²) in [6.45, 7) is 2.62. The summed E-state index contributed by atoms with van der Waals surface area (Å²) in [6, 6.07) is 13.9. The molecule has 0 saturated heterocycles. The second kappa shape index (κ2) is 7.61. The zero-order valence-corrected chi connectivity index (χ0v) is 12.6. The second-order valence-corrected chi connectivity index (χ2v) is 5.24. The number of hydrogen-bond donors (Lipinski definition) is 3. The third-order valence-corrected chi connectivity index (χ3v) is 3.67. The molecule has 4 nitrogen and oxygen atoms in total. The summed E-state index contributed by atoms with van der Waals surface area (Å²) in [5, 5.41) is 21.7. The van der Waals surface area contributed by atoms with Gasteiger partial charge in [0.1, 0.15) is 11.8 Å². The molecule has 0 aromatic heterocycles. The minimum atomic E-state index is -0.880. The molecule has 2 rings (SSSR count). The first-order chi connectivity index (χ1) is 10.6. The van der Waals surface area contributed by atoms with E-state index in [-0.39, 0.29) is 5.75 Å². The lowest BCUT2D eigenvalue weighted by molar-refractivity contribution is -0.139. The number of aromatic hydroxyl groups is 1. The molecule has 0 bridgehead atoms. The van der Waals surface area contributed by atoms with Crippen LogP contribution in [0.4, 0.5) is 0 Å². The van der Waals surface area contributed by atoms with Crippen LogP contribution in [0.3, 0.4) is 0 Å². The van der Waals surface area contributed by atoms with Crippen LogP contribution in [0.25, 0.3) is 0 Å². The van der Waals surface area contributed by atoms with E-state index in [1.54, 1.807) is 12.1 Å². The first-order valence-electron chi connectivity index (χ1n) is 7.43. The van der Waals surface area contributed by atoms with Gasteiger partial charge in [0.05, 0.1) is 0 Å². The van der Waals surface area contributed by atoms with E-state index in [1.807, 2.05) is 36.4 Å². The van der Waals surface area contributed by atoms with Gasteiger partial charge in [0.25, 0.3) is 0 Å². The number of rotatable bonds is 7. The van der Waals surface area contributed by atoms with Crippen LogP contribution < -0.4 is 5.32 Å². The van der Waals surface area contributed by atoms with Crippen molar-refractivity contribution in [2.75, 3.05) is 6.54 Å². The van der Waals surface area contributed by atoms with Crippen molar-refractivity contribution in [1.29, 1.82) is 0 Å². The number of hydrogen-bond acceptors (Lipinski definition) is 3. The number of carbonyl (C=O) groups is 1. The Morgan fingerprint density at radius 2 is 1.64 bits per heavy atom. The van der Waals surface area contributed by atoms with E-state index in [2.05, 4.69) is 12.2 Å². The molecule has 1 atom stereocenters. The van der Waals surface area contributed by atoms with E-state index < -0.39 is 12.0 Å². The molecule has 3 N–H and O–H groups in total. The molecular formula is C18H21NO3. The lowest BCUT2D eigenvalue weighted by Gasteiger charge is -2.15. The first kappa shape index (κ1) is 16.0. The SMILES string of the molecule is CCc1ccc(C(NCCc2ccc(O)cc2)C(=O)O)cc1. The average Bonchev–Trinajstić information content (AvgIpc) is 2.53. The number of carboxylic acid groups (broad SMARTS) is 1. The third kappa shape index (κ3) is 4.33. The van der Waals surface area contributed by atoms with Crippen LogP contribution in [0.15, 0.2) is 48.5 Å². The van der Waals surface area contributed by atoms with Gasteiger partial charge in [-0.05, 0) is 41.7 Å². The van der Waals surface area contributed by atoms with Crippen LogP contribution in [0.1, 0.15) is 29.7 Å². The van der Waals surface area contributed by atoms with Crippen molar-refractivity contribution in [2.45, 2.75) is 25.8 Å². The zero-order valence-electron chi connectivity index (χ0n) is 12.6. The molecule has 0 aliphatic heterocycles. The highest BCUT2D eigenvalue weighted by Gasteiger charge is 2.18. The first-order valence-corrected chi connectivity index (χ1v) is 7.43. The zero-order chi connectivity index (χ0) is 15.9. The van der Waals surface area contributed by atoms with Crippen molar-refractivity contribution in [3.8, 4) is 5.75 Å². The molecule has 1 unspecified atom stereocenters. The number of benzene rings is 2. The van der Waals surface area contributed by atoms with Crippen LogP contribution in [0, 0.1) is 0 Å². The molecule has 0 amide bonds. The normalized spacial score (nSPS) is 12.0. The van der Waals surface area contributed by atoms with Gasteiger partial charge in [0.15, 0.2) is 0 Å². The fourth-order valence-corrected chi connectivity index (χ4v) is 2.32. The number of nitrogens with one attached hydrogen (secondary N) is 1. The number of aryl methyl sites for hydroxylation is 1. The van der Waals surface area contributed by atoms with Crippen molar-refractivity contribution in [1.82, 2.24) is 5.32 Å². The van der Waals surface area contributed by atoms with Crippen molar-refractivity contribution in [2.24, 2.45) is 0 Å². The summed E-state index contributed by atoms with van der Waals surface area (Å²) < 4.78 is 0. The standard InChI is InChI=1S/C18H21NO3/c1-2-13-3-7-15(8-4-13)17(18(21)22)19-12-11-14-5-9-16(20)10-6-14/h3-10,17,19-20H,2,11-12H2,1H3,(H,21,22). The Labute approximate surface area is 130 Å². The Kier molecular flexibility index (Phi) is 5.55. The van der Waals surface area contributed by atoms with Crippen LogP contribution in [-0.4, -0.2) is 22.7 Å². The lowest BCUT2D eigenvalue weighted by atomic mass is 10.0. The summed E-state index contributed by atoms with van der Waals surface area (Å²) in [4.78, 5) is 11.4. The van der Waals surface area contributed by atoms with Gasteiger partial charge in [-0.2, -0.15) is 0 Å². The topological polar surface area (TPSA) is 69.6 Å². The molecular weight excluding hydrogens is 278 g/mol. The van der Waals surface area contributed by atoms with Crippen LogP contribution >= 0.6 is 0 Å². The second-order valence-electron chi connectivity index (χ2n) is 5.24. The highest BCUT2D eigenvalue weighted by Crippen LogP contribution is 2.15. The van der Waals surface area contributed by atoms with Crippen molar-refractivity contribution < 1.29 is 15.0 Å². The molecule has 0 radical (unpaired) electrons. The van der Waals surface area contributed by atoms with Crippen molar-refractivity contribution in [3.63, 3.8) is 0 Å². The molecule has 0 heterocycles. The molecule has 22 heavy (non-hydrogen) atoms. The van der Waals surface area contributed by atoms with Crippen molar-refractivity contribution in [3.05, 3.63) is 65.2 Å². The maximum absolute atomic E-state index is 11.4. The summed E-state index contributed by atoms with van der Waals surface area (Å²) in [5.74, 6) is -0.647. The van der Waals surface area contributed by atoms with Gasteiger partial charge in [-0.25, -0.2) is 0 Å². The fraction of sp³-hybridized carbons (Fsp3) is 0.278. The Morgan fingerprint density at radius 1 is 1.05 bits per heavy atom.